The van der Waals surface area contributed by atoms with E-state index in [0.717, 1.165) is 22.2 Å². The van der Waals surface area contributed by atoms with Crippen molar-refractivity contribution in [3.05, 3.63) is 44.8 Å². The van der Waals surface area contributed by atoms with Crippen LogP contribution in [0.1, 0.15) is 18.4 Å². The smallest absolute Gasteiger partial charge is 0.253 e. The number of nitrogens with one attached hydrogen (secondary N) is 1. The Labute approximate surface area is 110 Å². The third-order valence-corrected chi connectivity index (χ3v) is 3.28. The molecule has 0 atom stereocenters. The maximum absolute atomic E-state index is 11.9. The van der Waals surface area contributed by atoms with E-state index in [1.807, 2.05) is 19.2 Å². The van der Waals surface area contributed by atoms with E-state index in [0.29, 0.717) is 12.6 Å². The molecular formula is C13H17BrN2O. The monoisotopic (exact) mass is 296 g/mol. The molecule has 0 bridgehead atoms. The first kappa shape index (κ1) is 12.6. The molecule has 3 nitrogen and oxygen atoms in total. The lowest BCUT2D eigenvalue weighted by Gasteiger charge is -2.10. The van der Waals surface area contributed by atoms with Crippen molar-refractivity contribution in [3.8, 4) is 0 Å². The summed E-state index contributed by atoms with van der Waals surface area (Å²) in [6.07, 6.45) is 4.35. The molecule has 0 radical (unpaired) electrons. The van der Waals surface area contributed by atoms with Crippen LogP contribution in [0.3, 0.4) is 0 Å². The molecule has 1 aliphatic rings. The minimum atomic E-state index is 0.0563. The molecule has 1 fully saturated rings. The Kier molecular flexibility index (Phi) is 3.84. The van der Waals surface area contributed by atoms with Gasteiger partial charge in [-0.1, -0.05) is 6.58 Å². The van der Waals surface area contributed by atoms with Crippen LogP contribution >= 0.6 is 15.9 Å². The van der Waals surface area contributed by atoms with Gasteiger partial charge in [0, 0.05) is 35.4 Å². The van der Waals surface area contributed by atoms with E-state index in [2.05, 4.69) is 27.8 Å². The van der Waals surface area contributed by atoms with Gasteiger partial charge in [-0.25, -0.2) is 0 Å². The first-order valence-electron chi connectivity index (χ1n) is 5.83. The first-order chi connectivity index (χ1) is 8.06. The summed E-state index contributed by atoms with van der Waals surface area (Å²) in [5, 5.41) is 3.40. The predicted octanol–water partition coefficient (Wildman–Crippen LogP) is 2.23. The maximum atomic E-state index is 11.9. The second kappa shape index (κ2) is 5.19. The van der Waals surface area contributed by atoms with E-state index in [9.17, 15) is 4.79 Å². The van der Waals surface area contributed by atoms with Gasteiger partial charge in [0.05, 0.1) is 0 Å². The average Bonchev–Trinajstić information content (AvgIpc) is 3.06. The number of rotatable bonds is 5. The lowest BCUT2D eigenvalue weighted by molar-refractivity contribution is 0.667. The molecule has 0 unspecified atom stereocenters. The number of halogens is 1. The zero-order valence-corrected chi connectivity index (χ0v) is 11.6. The van der Waals surface area contributed by atoms with Crippen LogP contribution in [-0.2, 0) is 6.54 Å². The molecule has 1 heterocycles. The Morgan fingerprint density at radius 2 is 2.35 bits per heavy atom. The third kappa shape index (κ3) is 3.54. The van der Waals surface area contributed by atoms with Gasteiger partial charge >= 0.3 is 0 Å². The van der Waals surface area contributed by atoms with Crippen LogP contribution in [0.15, 0.2) is 33.7 Å². The lowest BCUT2D eigenvalue weighted by atomic mass is 10.2. The molecule has 1 N–H and O–H groups in total. The van der Waals surface area contributed by atoms with Gasteiger partial charge in [0.2, 0.25) is 0 Å². The van der Waals surface area contributed by atoms with Gasteiger partial charge in [-0.15, -0.1) is 0 Å². The fraction of sp³-hybridized carbons (Fsp3) is 0.462. The lowest BCUT2D eigenvalue weighted by Crippen LogP contribution is -2.26. The fourth-order valence-electron chi connectivity index (χ4n) is 1.73. The van der Waals surface area contributed by atoms with E-state index in [4.69, 9.17) is 0 Å². The molecule has 1 saturated carbocycles. The summed E-state index contributed by atoms with van der Waals surface area (Å²) in [4.78, 5) is 11.9. The van der Waals surface area contributed by atoms with E-state index in [1.54, 1.807) is 4.57 Å². The van der Waals surface area contributed by atoms with Crippen molar-refractivity contribution in [1.29, 1.82) is 0 Å². The minimum Gasteiger partial charge on any atom is -0.310 e. The summed E-state index contributed by atoms with van der Waals surface area (Å²) in [5.41, 5.74) is 1.85. The molecule has 0 amide bonds. The van der Waals surface area contributed by atoms with E-state index >= 15 is 0 Å². The Morgan fingerprint density at radius 1 is 1.65 bits per heavy atom. The molecule has 1 aliphatic carbocycles. The number of hydrogen-bond donors (Lipinski definition) is 1. The van der Waals surface area contributed by atoms with Crippen molar-refractivity contribution >= 4 is 15.9 Å². The molecule has 4 heteroatoms. The van der Waals surface area contributed by atoms with Crippen molar-refractivity contribution in [2.24, 2.45) is 0 Å². The van der Waals surface area contributed by atoms with Crippen molar-refractivity contribution in [1.82, 2.24) is 9.88 Å². The summed E-state index contributed by atoms with van der Waals surface area (Å²) in [7, 11) is 0. The SMILES string of the molecule is C=C(CNC1CC1)Cn1cc(Br)cc(C)c1=O. The highest BCUT2D eigenvalue weighted by Gasteiger charge is 2.20. The van der Waals surface area contributed by atoms with Crippen molar-refractivity contribution < 1.29 is 0 Å². The Bertz CT molecular complexity index is 489. The van der Waals surface area contributed by atoms with Gasteiger partial charge in [-0.05, 0) is 47.3 Å². The fourth-order valence-corrected chi connectivity index (χ4v) is 2.32. The topological polar surface area (TPSA) is 34.0 Å². The molecule has 1 aromatic heterocycles. The van der Waals surface area contributed by atoms with Gasteiger partial charge in [0.1, 0.15) is 0 Å². The summed E-state index contributed by atoms with van der Waals surface area (Å²) in [6.45, 7) is 7.22. The molecule has 0 aromatic carbocycles. The summed E-state index contributed by atoms with van der Waals surface area (Å²) < 4.78 is 2.63. The normalized spacial score (nSPS) is 14.9. The number of nitrogens with zero attached hydrogens (tertiary/aromatic N) is 1. The van der Waals surface area contributed by atoms with Crippen molar-refractivity contribution in [2.75, 3.05) is 6.54 Å². The predicted molar refractivity (Wildman–Crippen MR) is 73.3 cm³/mol. The van der Waals surface area contributed by atoms with Crippen LogP contribution in [0, 0.1) is 6.92 Å². The van der Waals surface area contributed by atoms with Crippen LogP contribution in [0.2, 0.25) is 0 Å². The first-order valence-corrected chi connectivity index (χ1v) is 6.62. The highest BCUT2D eigenvalue weighted by atomic mass is 79.9. The zero-order valence-electron chi connectivity index (χ0n) is 10.0. The Morgan fingerprint density at radius 3 is 3.00 bits per heavy atom. The molecule has 2 rings (SSSR count). The Hall–Kier alpha value is -0.870. The second-order valence-electron chi connectivity index (χ2n) is 4.68. The number of pyridine rings is 1. The Balaban J connectivity index is 2.01. The minimum absolute atomic E-state index is 0.0563. The largest absolute Gasteiger partial charge is 0.310 e. The van der Waals surface area contributed by atoms with E-state index in [-0.39, 0.29) is 5.56 Å². The summed E-state index contributed by atoms with van der Waals surface area (Å²) in [6, 6.07) is 2.51. The molecule has 1 aromatic rings. The van der Waals surface area contributed by atoms with Gasteiger partial charge in [0.15, 0.2) is 0 Å². The van der Waals surface area contributed by atoms with Gasteiger partial charge in [-0.2, -0.15) is 0 Å². The highest BCUT2D eigenvalue weighted by molar-refractivity contribution is 9.10. The van der Waals surface area contributed by atoms with Gasteiger partial charge in [-0.3, -0.25) is 4.79 Å². The van der Waals surface area contributed by atoms with Crippen LogP contribution in [0.4, 0.5) is 0 Å². The van der Waals surface area contributed by atoms with E-state index < -0.39 is 0 Å². The zero-order chi connectivity index (χ0) is 12.4. The van der Waals surface area contributed by atoms with Gasteiger partial charge < -0.3 is 9.88 Å². The van der Waals surface area contributed by atoms with Crippen LogP contribution in [0.5, 0.6) is 0 Å². The van der Waals surface area contributed by atoms with Crippen LogP contribution in [0.25, 0.3) is 0 Å². The summed E-state index contributed by atoms with van der Waals surface area (Å²) >= 11 is 3.40. The number of aryl methyl sites for hydroxylation is 1. The van der Waals surface area contributed by atoms with Crippen molar-refractivity contribution in [3.63, 3.8) is 0 Å². The summed E-state index contributed by atoms with van der Waals surface area (Å²) in [5.74, 6) is 0. The molecule has 0 saturated heterocycles. The van der Waals surface area contributed by atoms with Crippen LogP contribution in [-0.4, -0.2) is 17.2 Å². The third-order valence-electron chi connectivity index (χ3n) is 2.84. The quantitative estimate of drug-likeness (QED) is 0.846. The molecular weight excluding hydrogens is 280 g/mol. The molecule has 17 heavy (non-hydrogen) atoms. The molecule has 92 valence electrons. The number of hydrogen-bond acceptors (Lipinski definition) is 2. The van der Waals surface area contributed by atoms with Crippen molar-refractivity contribution in [2.45, 2.75) is 32.4 Å². The second-order valence-corrected chi connectivity index (χ2v) is 5.60. The molecule has 0 spiro atoms. The van der Waals surface area contributed by atoms with Gasteiger partial charge in [0.25, 0.3) is 5.56 Å². The maximum Gasteiger partial charge on any atom is 0.253 e. The number of aromatic nitrogens is 1. The average molecular weight is 297 g/mol. The van der Waals surface area contributed by atoms with Crippen LogP contribution < -0.4 is 10.9 Å². The molecule has 0 aliphatic heterocycles. The standard InChI is InChI=1S/C13H17BrN2O/c1-9(6-15-12-3-4-12)7-16-8-11(14)5-10(2)13(16)17/h5,8,12,15H,1,3-4,6-7H2,2H3. The highest BCUT2D eigenvalue weighted by Crippen LogP contribution is 2.18. The van der Waals surface area contributed by atoms with E-state index in [1.165, 1.54) is 12.8 Å².